The standard InChI is InChI=1S/C8H5BrClN3O/c9-6-3-5(1-2-7(6)10)13-4-11-12-8(13)14/h1-4H,(H,12,14). The van der Waals surface area contributed by atoms with Crippen LogP contribution < -0.4 is 5.69 Å². The van der Waals surface area contributed by atoms with E-state index in [1.807, 2.05) is 0 Å². The molecule has 0 radical (unpaired) electrons. The number of aromatic amines is 1. The monoisotopic (exact) mass is 273 g/mol. The van der Waals surface area contributed by atoms with Gasteiger partial charge in [0.1, 0.15) is 6.33 Å². The molecular weight excluding hydrogens is 269 g/mol. The van der Waals surface area contributed by atoms with Crippen molar-refractivity contribution in [2.75, 3.05) is 0 Å². The van der Waals surface area contributed by atoms with E-state index in [9.17, 15) is 4.79 Å². The maximum Gasteiger partial charge on any atom is 0.347 e. The molecule has 0 saturated heterocycles. The molecule has 1 aromatic carbocycles. The molecule has 0 bridgehead atoms. The van der Waals surface area contributed by atoms with Crippen LogP contribution in [0.1, 0.15) is 0 Å². The molecule has 0 fully saturated rings. The number of rotatable bonds is 1. The lowest BCUT2D eigenvalue weighted by atomic mass is 10.3. The van der Waals surface area contributed by atoms with Crippen LogP contribution in [0.2, 0.25) is 5.02 Å². The van der Waals surface area contributed by atoms with Crippen molar-refractivity contribution < 1.29 is 0 Å². The summed E-state index contributed by atoms with van der Waals surface area (Å²) in [7, 11) is 0. The molecule has 0 spiro atoms. The Balaban J connectivity index is 2.59. The molecule has 1 N–H and O–H groups in total. The van der Waals surface area contributed by atoms with Crippen molar-refractivity contribution >= 4 is 27.5 Å². The third kappa shape index (κ3) is 1.60. The highest BCUT2D eigenvalue weighted by Crippen LogP contribution is 2.24. The van der Waals surface area contributed by atoms with E-state index < -0.39 is 0 Å². The smallest absolute Gasteiger partial charge is 0.250 e. The van der Waals surface area contributed by atoms with Crippen LogP contribution in [0, 0.1) is 0 Å². The van der Waals surface area contributed by atoms with Gasteiger partial charge in [-0.15, -0.1) is 0 Å². The van der Waals surface area contributed by atoms with Crippen molar-refractivity contribution in [1.29, 1.82) is 0 Å². The van der Waals surface area contributed by atoms with E-state index in [1.54, 1.807) is 18.2 Å². The predicted molar refractivity (Wildman–Crippen MR) is 56.9 cm³/mol. The second kappa shape index (κ2) is 3.59. The normalized spacial score (nSPS) is 10.4. The summed E-state index contributed by atoms with van der Waals surface area (Å²) in [4.78, 5) is 11.2. The molecule has 0 atom stereocenters. The van der Waals surface area contributed by atoms with Gasteiger partial charge in [0.25, 0.3) is 0 Å². The van der Waals surface area contributed by atoms with E-state index in [2.05, 4.69) is 26.1 Å². The van der Waals surface area contributed by atoms with E-state index in [0.717, 1.165) is 4.47 Å². The van der Waals surface area contributed by atoms with Gasteiger partial charge in [0.2, 0.25) is 0 Å². The summed E-state index contributed by atoms with van der Waals surface area (Å²) in [5, 5.41) is 6.54. The van der Waals surface area contributed by atoms with Gasteiger partial charge in [-0.2, -0.15) is 5.10 Å². The fraction of sp³-hybridized carbons (Fsp3) is 0. The number of H-pyrrole nitrogens is 1. The van der Waals surface area contributed by atoms with Crippen LogP contribution in [0.25, 0.3) is 5.69 Å². The van der Waals surface area contributed by atoms with Gasteiger partial charge in [-0.25, -0.2) is 14.5 Å². The summed E-state index contributed by atoms with van der Waals surface area (Å²) >= 11 is 9.10. The second-order valence-corrected chi connectivity index (χ2v) is 3.89. The minimum atomic E-state index is -0.278. The van der Waals surface area contributed by atoms with Crippen molar-refractivity contribution in [1.82, 2.24) is 14.8 Å². The first-order valence-electron chi connectivity index (χ1n) is 3.76. The molecule has 0 aliphatic heterocycles. The second-order valence-electron chi connectivity index (χ2n) is 2.63. The van der Waals surface area contributed by atoms with Gasteiger partial charge in [0, 0.05) is 4.47 Å². The molecule has 0 amide bonds. The van der Waals surface area contributed by atoms with E-state index in [1.165, 1.54) is 10.9 Å². The van der Waals surface area contributed by atoms with Gasteiger partial charge >= 0.3 is 5.69 Å². The summed E-state index contributed by atoms with van der Waals surface area (Å²) in [6.07, 6.45) is 1.41. The Morgan fingerprint density at radius 2 is 2.29 bits per heavy atom. The number of benzene rings is 1. The molecule has 0 saturated carbocycles. The highest BCUT2D eigenvalue weighted by atomic mass is 79.9. The lowest BCUT2D eigenvalue weighted by molar-refractivity contribution is 0.982. The maximum atomic E-state index is 11.2. The minimum absolute atomic E-state index is 0.278. The highest BCUT2D eigenvalue weighted by molar-refractivity contribution is 9.10. The topological polar surface area (TPSA) is 50.7 Å². The number of hydrogen-bond donors (Lipinski definition) is 1. The summed E-state index contributed by atoms with van der Waals surface area (Å²) in [6.45, 7) is 0. The average molecular weight is 275 g/mol. The molecule has 0 aliphatic carbocycles. The van der Waals surface area contributed by atoms with Crippen LogP contribution in [0.3, 0.4) is 0 Å². The van der Waals surface area contributed by atoms with Crippen molar-refractivity contribution in [3.05, 3.63) is 44.5 Å². The first-order valence-corrected chi connectivity index (χ1v) is 4.93. The lowest BCUT2D eigenvalue weighted by Crippen LogP contribution is -2.13. The summed E-state index contributed by atoms with van der Waals surface area (Å²) in [6, 6.07) is 5.20. The van der Waals surface area contributed by atoms with Gasteiger partial charge in [-0.05, 0) is 34.1 Å². The molecule has 2 rings (SSSR count). The summed E-state index contributed by atoms with van der Waals surface area (Å²) in [5.41, 5.74) is 0.430. The largest absolute Gasteiger partial charge is 0.347 e. The Labute approximate surface area is 92.6 Å². The first kappa shape index (κ1) is 9.48. The quantitative estimate of drug-likeness (QED) is 0.864. The van der Waals surface area contributed by atoms with Gasteiger partial charge < -0.3 is 0 Å². The zero-order valence-corrected chi connectivity index (χ0v) is 9.21. The minimum Gasteiger partial charge on any atom is -0.250 e. The maximum absolute atomic E-state index is 11.2. The van der Waals surface area contributed by atoms with Crippen LogP contribution in [0.4, 0.5) is 0 Å². The van der Waals surface area contributed by atoms with Gasteiger partial charge in [0.05, 0.1) is 10.7 Å². The van der Waals surface area contributed by atoms with E-state index in [4.69, 9.17) is 11.6 Å². The Morgan fingerprint density at radius 3 is 2.86 bits per heavy atom. The van der Waals surface area contributed by atoms with Crippen LogP contribution >= 0.6 is 27.5 Å². The van der Waals surface area contributed by atoms with Crippen LogP contribution in [-0.4, -0.2) is 14.8 Å². The molecule has 1 aromatic heterocycles. The molecule has 6 heteroatoms. The molecule has 0 unspecified atom stereocenters. The Bertz CT molecular complexity index is 519. The number of nitrogens with zero attached hydrogens (tertiary/aromatic N) is 2. The van der Waals surface area contributed by atoms with Gasteiger partial charge in [-0.1, -0.05) is 11.6 Å². The molecule has 4 nitrogen and oxygen atoms in total. The van der Waals surface area contributed by atoms with Crippen molar-refractivity contribution in [2.45, 2.75) is 0 Å². The number of hydrogen-bond acceptors (Lipinski definition) is 2. The molecule has 14 heavy (non-hydrogen) atoms. The highest BCUT2D eigenvalue weighted by Gasteiger charge is 2.03. The van der Waals surface area contributed by atoms with E-state index in [0.29, 0.717) is 10.7 Å². The Morgan fingerprint density at radius 1 is 1.50 bits per heavy atom. The lowest BCUT2D eigenvalue weighted by Gasteiger charge is -2.01. The van der Waals surface area contributed by atoms with Crippen LogP contribution in [-0.2, 0) is 0 Å². The average Bonchev–Trinajstić information content (AvgIpc) is 2.57. The van der Waals surface area contributed by atoms with Crippen LogP contribution in [0.5, 0.6) is 0 Å². The third-order valence-corrected chi connectivity index (χ3v) is 2.95. The fourth-order valence-electron chi connectivity index (χ4n) is 1.07. The van der Waals surface area contributed by atoms with Crippen molar-refractivity contribution in [2.24, 2.45) is 0 Å². The molecular formula is C8H5BrClN3O. The third-order valence-electron chi connectivity index (χ3n) is 1.73. The van der Waals surface area contributed by atoms with E-state index >= 15 is 0 Å². The number of halogens is 2. The zero-order chi connectivity index (χ0) is 10.1. The first-order chi connectivity index (χ1) is 6.68. The fourth-order valence-corrected chi connectivity index (χ4v) is 1.55. The molecule has 0 aliphatic rings. The Hall–Kier alpha value is -1.07. The van der Waals surface area contributed by atoms with Gasteiger partial charge in [0.15, 0.2) is 0 Å². The Kier molecular flexibility index (Phi) is 2.43. The molecule has 1 heterocycles. The zero-order valence-electron chi connectivity index (χ0n) is 6.87. The predicted octanol–water partition coefficient (Wildman–Crippen LogP) is 1.98. The van der Waals surface area contributed by atoms with Crippen LogP contribution in [0.15, 0.2) is 33.8 Å². The van der Waals surface area contributed by atoms with Crippen molar-refractivity contribution in [3.63, 3.8) is 0 Å². The number of nitrogens with one attached hydrogen (secondary N) is 1. The van der Waals surface area contributed by atoms with E-state index in [-0.39, 0.29) is 5.69 Å². The SMILES string of the molecule is O=c1[nH]ncn1-c1ccc(Cl)c(Br)c1. The molecule has 72 valence electrons. The summed E-state index contributed by atoms with van der Waals surface area (Å²) in [5.74, 6) is 0. The van der Waals surface area contributed by atoms with Crippen molar-refractivity contribution in [3.8, 4) is 5.69 Å². The summed E-state index contributed by atoms with van der Waals surface area (Å²) < 4.78 is 2.13. The number of aromatic nitrogens is 3. The molecule has 2 aromatic rings. The van der Waals surface area contributed by atoms with Gasteiger partial charge in [-0.3, -0.25) is 0 Å².